The molecule has 0 radical (unpaired) electrons. The number of hydrogen-bond donors (Lipinski definition) is 2. The molecule has 2 amide bonds. The van der Waals surface area contributed by atoms with Crippen LogP contribution in [0.2, 0.25) is 0 Å². The molecule has 7 nitrogen and oxygen atoms in total. The van der Waals surface area contributed by atoms with Gasteiger partial charge in [-0.1, -0.05) is 20.8 Å². The highest BCUT2D eigenvalue weighted by Gasteiger charge is 2.26. The number of aromatic nitrogens is 1. The van der Waals surface area contributed by atoms with Crippen molar-refractivity contribution >= 4 is 28.3 Å². The number of likely N-dealkylation sites (tertiary alicyclic amines) is 1. The van der Waals surface area contributed by atoms with Gasteiger partial charge in [0, 0.05) is 18.5 Å². The Labute approximate surface area is 169 Å². The van der Waals surface area contributed by atoms with Crippen molar-refractivity contribution in [2.75, 3.05) is 18.4 Å². The zero-order valence-electron chi connectivity index (χ0n) is 16.6. The second kappa shape index (κ2) is 9.34. The molecular formula is C20H28N4O3S. The van der Waals surface area contributed by atoms with Crippen LogP contribution in [-0.2, 0) is 11.3 Å². The summed E-state index contributed by atoms with van der Waals surface area (Å²) in [5.41, 5.74) is 0.968. The van der Waals surface area contributed by atoms with Crippen molar-refractivity contribution < 1.29 is 14.0 Å². The standard InChI is InChI=1S/C20H28N4O3S/c1-13(2)17(22-18(25)16-7-5-9-27-16)19(26)23-20-21-15(12-28-20)11-24-8-4-6-14(3)10-24/h5,7,9,12-14,17H,4,6,8,10-11H2,1-3H3,(H,22,25)(H,21,23,26)/t14?,17-/m0/s1. The Morgan fingerprint density at radius 2 is 2.25 bits per heavy atom. The first-order chi connectivity index (χ1) is 13.4. The number of nitrogens with one attached hydrogen (secondary N) is 2. The molecule has 0 aromatic carbocycles. The van der Waals surface area contributed by atoms with Crippen LogP contribution in [0.4, 0.5) is 5.13 Å². The molecular weight excluding hydrogens is 376 g/mol. The van der Waals surface area contributed by atoms with E-state index in [1.807, 2.05) is 19.2 Å². The summed E-state index contributed by atoms with van der Waals surface area (Å²) < 4.78 is 5.10. The van der Waals surface area contributed by atoms with Crippen LogP contribution >= 0.6 is 11.3 Å². The fraction of sp³-hybridized carbons (Fsp3) is 0.550. The van der Waals surface area contributed by atoms with Gasteiger partial charge in [0.15, 0.2) is 10.9 Å². The van der Waals surface area contributed by atoms with Crippen molar-refractivity contribution in [3.8, 4) is 0 Å². The second-order valence-electron chi connectivity index (χ2n) is 7.79. The monoisotopic (exact) mass is 404 g/mol. The Bertz CT molecular complexity index is 787. The van der Waals surface area contributed by atoms with E-state index in [-0.39, 0.29) is 17.6 Å². The molecule has 1 aliphatic heterocycles. The summed E-state index contributed by atoms with van der Waals surface area (Å²) in [6, 6.07) is 2.53. The zero-order chi connectivity index (χ0) is 20.1. The van der Waals surface area contributed by atoms with Gasteiger partial charge in [0.2, 0.25) is 5.91 Å². The van der Waals surface area contributed by atoms with Gasteiger partial charge in [-0.25, -0.2) is 4.98 Å². The first kappa shape index (κ1) is 20.5. The molecule has 28 heavy (non-hydrogen) atoms. The SMILES string of the molecule is CC1CCCN(Cc2csc(NC(=O)[C@@H](NC(=O)c3ccco3)C(C)C)n2)C1. The Balaban J connectivity index is 1.57. The molecule has 2 aromatic heterocycles. The van der Waals surface area contributed by atoms with Crippen molar-refractivity contribution in [2.24, 2.45) is 11.8 Å². The lowest BCUT2D eigenvalue weighted by atomic mass is 10.0. The number of amides is 2. The minimum absolute atomic E-state index is 0.0758. The zero-order valence-corrected chi connectivity index (χ0v) is 17.4. The van der Waals surface area contributed by atoms with Gasteiger partial charge in [0.25, 0.3) is 5.91 Å². The molecule has 2 aromatic rings. The van der Waals surface area contributed by atoms with E-state index in [0.717, 1.165) is 31.2 Å². The average Bonchev–Trinajstić information content (AvgIpc) is 3.31. The van der Waals surface area contributed by atoms with Crippen LogP contribution in [0.5, 0.6) is 0 Å². The summed E-state index contributed by atoms with van der Waals surface area (Å²) in [5, 5.41) is 8.13. The van der Waals surface area contributed by atoms with Gasteiger partial charge in [-0.3, -0.25) is 14.5 Å². The quantitative estimate of drug-likeness (QED) is 0.739. The lowest BCUT2D eigenvalue weighted by Gasteiger charge is -2.30. The van der Waals surface area contributed by atoms with Crippen LogP contribution in [0.3, 0.4) is 0 Å². The molecule has 0 saturated carbocycles. The van der Waals surface area contributed by atoms with Crippen LogP contribution in [-0.4, -0.2) is 40.8 Å². The largest absolute Gasteiger partial charge is 0.459 e. The lowest BCUT2D eigenvalue weighted by Crippen LogP contribution is -2.47. The van der Waals surface area contributed by atoms with Crippen LogP contribution in [0.25, 0.3) is 0 Å². The summed E-state index contributed by atoms with van der Waals surface area (Å²) in [7, 11) is 0. The minimum Gasteiger partial charge on any atom is -0.459 e. The summed E-state index contributed by atoms with van der Waals surface area (Å²) in [5.74, 6) is 0.148. The van der Waals surface area contributed by atoms with Gasteiger partial charge in [-0.05, 0) is 43.4 Å². The van der Waals surface area contributed by atoms with Crippen LogP contribution in [0, 0.1) is 11.8 Å². The normalized spacial score (nSPS) is 18.8. The van der Waals surface area contributed by atoms with Gasteiger partial charge in [0.05, 0.1) is 12.0 Å². The van der Waals surface area contributed by atoms with E-state index >= 15 is 0 Å². The van der Waals surface area contributed by atoms with Crippen LogP contribution in [0.15, 0.2) is 28.2 Å². The smallest absolute Gasteiger partial charge is 0.287 e. The van der Waals surface area contributed by atoms with Crippen LogP contribution in [0.1, 0.15) is 49.9 Å². The summed E-state index contributed by atoms with van der Waals surface area (Å²) in [6.07, 6.45) is 3.94. The van der Waals surface area contributed by atoms with Gasteiger partial charge < -0.3 is 15.1 Å². The molecule has 1 unspecified atom stereocenters. The number of carbonyl (C=O) groups excluding carboxylic acids is 2. The van der Waals surface area contributed by atoms with E-state index in [1.165, 1.54) is 30.4 Å². The number of anilines is 1. The number of nitrogens with zero attached hydrogens (tertiary/aromatic N) is 2. The van der Waals surface area contributed by atoms with E-state index < -0.39 is 11.9 Å². The number of piperidine rings is 1. The number of furan rings is 1. The highest BCUT2D eigenvalue weighted by Crippen LogP contribution is 2.21. The molecule has 2 atom stereocenters. The maximum absolute atomic E-state index is 12.7. The molecule has 0 aliphatic carbocycles. The molecule has 1 aliphatic rings. The number of thiazole rings is 1. The third-order valence-electron chi connectivity index (χ3n) is 4.89. The number of carbonyl (C=O) groups is 2. The molecule has 1 fully saturated rings. The predicted octanol–water partition coefficient (Wildman–Crippen LogP) is 3.36. The third kappa shape index (κ3) is 5.42. The number of hydrogen-bond acceptors (Lipinski definition) is 6. The van der Waals surface area contributed by atoms with Crippen LogP contribution < -0.4 is 10.6 Å². The summed E-state index contributed by atoms with van der Waals surface area (Å²) in [6.45, 7) is 9.04. The fourth-order valence-corrected chi connectivity index (χ4v) is 4.14. The highest BCUT2D eigenvalue weighted by molar-refractivity contribution is 7.13. The molecule has 3 rings (SSSR count). The Hall–Kier alpha value is -2.19. The summed E-state index contributed by atoms with van der Waals surface area (Å²) >= 11 is 1.41. The summed E-state index contributed by atoms with van der Waals surface area (Å²) in [4.78, 5) is 31.9. The Morgan fingerprint density at radius 1 is 1.43 bits per heavy atom. The van der Waals surface area contributed by atoms with Gasteiger partial charge in [-0.2, -0.15) is 0 Å². The topological polar surface area (TPSA) is 87.5 Å². The van der Waals surface area contributed by atoms with Crippen molar-refractivity contribution in [3.05, 3.63) is 35.2 Å². The molecule has 1 saturated heterocycles. The van der Waals surface area contributed by atoms with Crippen molar-refractivity contribution in [3.63, 3.8) is 0 Å². The van der Waals surface area contributed by atoms with E-state index in [0.29, 0.717) is 5.13 Å². The molecule has 3 heterocycles. The first-order valence-electron chi connectivity index (χ1n) is 9.74. The van der Waals surface area contributed by atoms with Gasteiger partial charge in [-0.15, -0.1) is 11.3 Å². The highest BCUT2D eigenvalue weighted by atomic mass is 32.1. The lowest BCUT2D eigenvalue weighted by molar-refractivity contribution is -0.118. The minimum atomic E-state index is -0.673. The number of rotatable bonds is 7. The predicted molar refractivity (Wildman–Crippen MR) is 109 cm³/mol. The maximum atomic E-state index is 12.7. The van der Waals surface area contributed by atoms with E-state index in [1.54, 1.807) is 12.1 Å². The van der Waals surface area contributed by atoms with Crippen molar-refractivity contribution in [1.29, 1.82) is 0 Å². The molecule has 2 N–H and O–H groups in total. The molecule has 0 bridgehead atoms. The van der Waals surface area contributed by atoms with E-state index in [2.05, 4.69) is 27.4 Å². The van der Waals surface area contributed by atoms with Gasteiger partial charge in [0.1, 0.15) is 6.04 Å². The molecule has 152 valence electrons. The van der Waals surface area contributed by atoms with Crippen molar-refractivity contribution in [1.82, 2.24) is 15.2 Å². The van der Waals surface area contributed by atoms with Crippen molar-refractivity contribution in [2.45, 2.75) is 46.2 Å². The average molecular weight is 405 g/mol. The van der Waals surface area contributed by atoms with Gasteiger partial charge >= 0.3 is 0 Å². The molecule has 8 heteroatoms. The second-order valence-corrected chi connectivity index (χ2v) is 8.65. The fourth-order valence-electron chi connectivity index (χ4n) is 3.43. The molecule has 0 spiro atoms. The first-order valence-corrected chi connectivity index (χ1v) is 10.6. The Morgan fingerprint density at radius 3 is 2.93 bits per heavy atom. The third-order valence-corrected chi connectivity index (χ3v) is 5.70. The Kier molecular flexibility index (Phi) is 6.85. The van der Waals surface area contributed by atoms with E-state index in [4.69, 9.17) is 4.42 Å². The van der Waals surface area contributed by atoms with E-state index in [9.17, 15) is 9.59 Å². The maximum Gasteiger partial charge on any atom is 0.287 e.